The summed E-state index contributed by atoms with van der Waals surface area (Å²) in [5, 5.41) is 8.52. The molecule has 3 nitrogen and oxygen atoms in total. The molecule has 1 aromatic rings. The lowest BCUT2D eigenvalue weighted by Crippen LogP contribution is -2.35. The van der Waals surface area contributed by atoms with E-state index in [1.165, 1.54) is 11.0 Å². The van der Waals surface area contributed by atoms with Crippen LogP contribution < -0.4 is 4.90 Å². The Morgan fingerprint density at radius 2 is 2.16 bits per heavy atom. The number of hydrogen-bond donors (Lipinski definition) is 0. The number of carbonyl (C=O) groups excluding carboxylic acids is 1. The second-order valence-corrected chi connectivity index (χ2v) is 4.33. The van der Waals surface area contributed by atoms with E-state index in [4.69, 9.17) is 5.26 Å². The van der Waals surface area contributed by atoms with Gasteiger partial charge in [-0.05, 0) is 30.5 Å². The molecule has 1 heterocycles. The van der Waals surface area contributed by atoms with E-state index >= 15 is 0 Å². The van der Waals surface area contributed by atoms with Gasteiger partial charge in [-0.25, -0.2) is 0 Å². The summed E-state index contributed by atoms with van der Waals surface area (Å²) in [5.41, 5.74) is 0.217. The highest BCUT2D eigenvalue weighted by Gasteiger charge is 2.32. The zero-order valence-corrected chi connectivity index (χ0v) is 10.00. The van der Waals surface area contributed by atoms with E-state index in [0.717, 1.165) is 12.1 Å². The normalized spacial score (nSPS) is 14.7. The molecule has 100 valence electrons. The Bertz CT molecular complexity index is 546. The number of benzene rings is 1. The van der Waals surface area contributed by atoms with E-state index in [1.54, 1.807) is 6.07 Å². The van der Waals surface area contributed by atoms with Crippen LogP contribution in [0.1, 0.15) is 24.0 Å². The molecule has 1 amide bonds. The average molecular weight is 268 g/mol. The molecule has 0 spiro atoms. The monoisotopic (exact) mass is 268 g/mol. The second kappa shape index (κ2) is 4.92. The van der Waals surface area contributed by atoms with Crippen molar-refractivity contribution in [3.8, 4) is 6.07 Å². The van der Waals surface area contributed by atoms with Crippen LogP contribution in [0.25, 0.3) is 0 Å². The predicted octanol–water partition coefficient (Wildman–Crippen LogP) is 2.90. The van der Waals surface area contributed by atoms with Crippen LogP contribution >= 0.6 is 0 Å². The number of hydrogen-bond acceptors (Lipinski definition) is 2. The van der Waals surface area contributed by atoms with Crippen molar-refractivity contribution in [3.05, 3.63) is 29.3 Å². The number of fused-ring (bicyclic) bond motifs is 1. The number of rotatable bonds is 1. The van der Waals surface area contributed by atoms with E-state index in [0.29, 0.717) is 24.9 Å². The third-order valence-corrected chi connectivity index (χ3v) is 3.06. The van der Waals surface area contributed by atoms with Crippen molar-refractivity contribution >= 4 is 11.6 Å². The molecule has 1 aromatic carbocycles. The Kier molecular flexibility index (Phi) is 3.47. The van der Waals surface area contributed by atoms with Crippen LogP contribution in [-0.4, -0.2) is 12.5 Å². The summed E-state index contributed by atoms with van der Waals surface area (Å²) in [7, 11) is 0. The lowest BCUT2D eigenvalue weighted by molar-refractivity contribution is -0.137. The Morgan fingerprint density at radius 3 is 2.79 bits per heavy atom. The van der Waals surface area contributed by atoms with Crippen LogP contribution in [0.15, 0.2) is 18.2 Å². The third kappa shape index (κ3) is 2.70. The molecule has 0 unspecified atom stereocenters. The highest BCUT2D eigenvalue weighted by molar-refractivity contribution is 5.95. The first-order valence-electron chi connectivity index (χ1n) is 5.81. The molecule has 2 rings (SSSR count). The standard InChI is InChI=1S/C13H11F3N2O/c14-13(15,16)10-4-3-9-2-1-7-18(11(9)8-10)12(19)5-6-17/h3-4,8H,1-2,5,7H2. The lowest BCUT2D eigenvalue weighted by atomic mass is 9.99. The first kappa shape index (κ1) is 13.4. The van der Waals surface area contributed by atoms with Gasteiger partial charge in [-0.3, -0.25) is 4.79 Å². The summed E-state index contributed by atoms with van der Waals surface area (Å²) in [4.78, 5) is 13.0. The lowest BCUT2D eigenvalue weighted by Gasteiger charge is -2.29. The summed E-state index contributed by atoms with van der Waals surface area (Å²) in [6, 6.07) is 5.15. The molecule has 0 saturated heterocycles. The average Bonchev–Trinajstić information content (AvgIpc) is 2.36. The third-order valence-electron chi connectivity index (χ3n) is 3.06. The number of aryl methyl sites for hydroxylation is 1. The molecule has 0 saturated carbocycles. The molecule has 0 aromatic heterocycles. The highest BCUT2D eigenvalue weighted by Crippen LogP contribution is 2.35. The van der Waals surface area contributed by atoms with Crippen LogP contribution in [0.3, 0.4) is 0 Å². The van der Waals surface area contributed by atoms with Gasteiger partial charge < -0.3 is 4.90 Å². The number of amides is 1. The van der Waals surface area contributed by atoms with E-state index in [2.05, 4.69) is 0 Å². The molecule has 0 radical (unpaired) electrons. The molecule has 0 fully saturated rings. The number of anilines is 1. The molecule has 1 aliphatic heterocycles. The molecule has 0 bridgehead atoms. The van der Waals surface area contributed by atoms with Crippen LogP contribution in [0.4, 0.5) is 18.9 Å². The molecule has 6 heteroatoms. The maximum Gasteiger partial charge on any atom is 0.416 e. The molecular weight excluding hydrogens is 257 g/mol. The maximum atomic E-state index is 12.7. The number of nitriles is 1. The van der Waals surface area contributed by atoms with Gasteiger partial charge in [-0.1, -0.05) is 6.07 Å². The fraction of sp³-hybridized carbons (Fsp3) is 0.385. The Labute approximate surface area is 108 Å². The van der Waals surface area contributed by atoms with Gasteiger partial charge in [0.1, 0.15) is 6.42 Å². The van der Waals surface area contributed by atoms with E-state index in [-0.39, 0.29) is 12.1 Å². The van der Waals surface area contributed by atoms with Gasteiger partial charge >= 0.3 is 6.18 Å². The first-order chi connectivity index (χ1) is 8.93. The van der Waals surface area contributed by atoms with Gasteiger partial charge in [0, 0.05) is 12.2 Å². The Hall–Kier alpha value is -2.03. The van der Waals surface area contributed by atoms with Crippen molar-refractivity contribution in [1.82, 2.24) is 0 Å². The number of nitrogens with zero attached hydrogens (tertiary/aromatic N) is 2. The first-order valence-corrected chi connectivity index (χ1v) is 5.81. The molecule has 19 heavy (non-hydrogen) atoms. The highest BCUT2D eigenvalue weighted by atomic mass is 19.4. The predicted molar refractivity (Wildman–Crippen MR) is 62.3 cm³/mol. The van der Waals surface area contributed by atoms with Crippen molar-refractivity contribution in [2.75, 3.05) is 11.4 Å². The van der Waals surface area contributed by atoms with Crippen LogP contribution in [0.5, 0.6) is 0 Å². The zero-order chi connectivity index (χ0) is 14.0. The van der Waals surface area contributed by atoms with Crippen LogP contribution in [-0.2, 0) is 17.4 Å². The smallest absolute Gasteiger partial charge is 0.311 e. The molecule has 0 N–H and O–H groups in total. The van der Waals surface area contributed by atoms with Crippen molar-refractivity contribution in [1.29, 1.82) is 5.26 Å². The molecule has 1 aliphatic rings. The van der Waals surface area contributed by atoms with Gasteiger partial charge in [0.15, 0.2) is 0 Å². The summed E-state index contributed by atoms with van der Waals surface area (Å²) in [6.45, 7) is 0.356. The fourth-order valence-electron chi connectivity index (χ4n) is 2.17. The van der Waals surface area contributed by atoms with E-state index in [9.17, 15) is 18.0 Å². The number of halogens is 3. The van der Waals surface area contributed by atoms with Gasteiger partial charge in [0.25, 0.3) is 0 Å². The molecular formula is C13H11F3N2O. The quantitative estimate of drug-likeness (QED) is 0.786. The minimum Gasteiger partial charge on any atom is -0.311 e. The summed E-state index contributed by atoms with van der Waals surface area (Å²) >= 11 is 0. The largest absolute Gasteiger partial charge is 0.416 e. The molecule has 0 atom stereocenters. The minimum atomic E-state index is -4.43. The maximum absolute atomic E-state index is 12.7. The van der Waals surface area contributed by atoms with Crippen LogP contribution in [0, 0.1) is 11.3 Å². The SMILES string of the molecule is N#CCC(=O)N1CCCc2ccc(C(F)(F)F)cc21. The van der Waals surface area contributed by atoms with Gasteiger partial charge in [0.2, 0.25) is 5.91 Å². The zero-order valence-electron chi connectivity index (χ0n) is 10.00. The van der Waals surface area contributed by atoms with Gasteiger partial charge in [0.05, 0.1) is 11.6 Å². The van der Waals surface area contributed by atoms with E-state index in [1.807, 2.05) is 0 Å². The summed E-state index contributed by atoms with van der Waals surface area (Å²) in [5.74, 6) is -0.456. The van der Waals surface area contributed by atoms with Crippen molar-refractivity contribution < 1.29 is 18.0 Å². The van der Waals surface area contributed by atoms with Gasteiger partial charge in [-0.2, -0.15) is 18.4 Å². The summed E-state index contributed by atoms with van der Waals surface area (Å²) in [6.07, 6.45) is -3.43. The van der Waals surface area contributed by atoms with Crippen molar-refractivity contribution in [2.45, 2.75) is 25.4 Å². The van der Waals surface area contributed by atoms with Gasteiger partial charge in [-0.15, -0.1) is 0 Å². The Balaban J connectivity index is 2.42. The summed E-state index contributed by atoms with van der Waals surface area (Å²) < 4.78 is 38.0. The van der Waals surface area contributed by atoms with Crippen LogP contribution in [0.2, 0.25) is 0 Å². The Morgan fingerprint density at radius 1 is 1.42 bits per heavy atom. The molecule has 0 aliphatic carbocycles. The van der Waals surface area contributed by atoms with Crippen molar-refractivity contribution in [3.63, 3.8) is 0 Å². The topological polar surface area (TPSA) is 44.1 Å². The van der Waals surface area contributed by atoms with Crippen molar-refractivity contribution in [2.24, 2.45) is 0 Å². The minimum absolute atomic E-state index is 0.279. The number of carbonyl (C=O) groups is 1. The van der Waals surface area contributed by atoms with E-state index < -0.39 is 17.6 Å². The second-order valence-electron chi connectivity index (χ2n) is 4.33. The number of alkyl halides is 3. The fourth-order valence-corrected chi connectivity index (χ4v) is 2.17.